The number of aromatic nitrogens is 5. The van der Waals surface area contributed by atoms with E-state index >= 15 is 0 Å². The van der Waals surface area contributed by atoms with Gasteiger partial charge in [-0.25, -0.2) is 4.98 Å². The fourth-order valence-corrected chi connectivity index (χ4v) is 6.34. The molecule has 4 aromatic carbocycles. The number of fused-ring (bicyclic) bond motifs is 4. The maximum atomic E-state index is 6.39. The van der Waals surface area contributed by atoms with Crippen molar-refractivity contribution in [2.24, 2.45) is 0 Å². The van der Waals surface area contributed by atoms with E-state index in [0.29, 0.717) is 5.89 Å². The predicted octanol–water partition coefficient (Wildman–Crippen LogP) is 9.78. The lowest BCUT2D eigenvalue weighted by Gasteiger charge is -2.12. The molecular weight excluding hydrogens is 566 g/mol. The third-order valence-corrected chi connectivity index (χ3v) is 8.50. The largest absolute Gasteiger partial charge is 0.436 e. The fourth-order valence-electron chi connectivity index (χ4n) is 6.34. The Hall–Kier alpha value is -6.40. The molecule has 0 saturated carbocycles. The third-order valence-electron chi connectivity index (χ3n) is 8.50. The highest BCUT2D eigenvalue weighted by molar-refractivity contribution is 6.13. The maximum absolute atomic E-state index is 6.39. The highest BCUT2D eigenvalue weighted by Crippen LogP contribution is 2.42. The van der Waals surface area contributed by atoms with Crippen molar-refractivity contribution in [3.05, 3.63) is 152 Å². The molecule has 0 N–H and O–H groups in total. The lowest BCUT2D eigenvalue weighted by molar-refractivity contribution is 0.620. The molecule has 46 heavy (non-hydrogen) atoms. The van der Waals surface area contributed by atoms with Gasteiger partial charge in [0.15, 0.2) is 5.58 Å². The van der Waals surface area contributed by atoms with Gasteiger partial charge in [0.1, 0.15) is 5.52 Å². The summed E-state index contributed by atoms with van der Waals surface area (Å²) in [5.41, 5.74) is 12.0. The van der Waals surface area contributed by atoms with E-state index in [9.17, 15) is 0 Å². The Bertz CT molecular complexity index is 2490. The zero-order valence-electron chi connectivity index (χ0n) is 24.6. The lowest BCUT2D eigenvalue weighted by Crippen LogP contribution is -1.96. The van der Waals surface area contributed by atoms with E-state index in [-0.39, 0.29) is 0 Å². The van der Waals surface area contributed by atoms with Crippen molar-refractivity contribution >= 4 is 32.9 Å². The fraction of sp³-hybridized carbons (Fsp3) is 0. The first-order valence-electron chi connectivity index (χ1n) is 15.1. The number of pyridine rings is 3. The molecule has 0 saturated heterocycles. The van der Waals surface area contributed by atoms with E-state index in [1.165, 1.54) is 0 Å². The number of para-hydroxylation sites is 2. The Kier molecular flexibility index (Phi) is 6.03. The maximum Gasteiger partial charge on any atom is 0.228 e. The molecule has 0 aliphatic heterocycles. The Morgan fingerprint density at radius 1 is 0.500 bits per heavy atom. The molecule has 6 nitrogen and oxygen atoms in total. The topological polar surface area (TPSA) is 69.6 Å². The minimum absolute atomic E-state index is 0.575. The molecule has 0 fully saturated rings. The number of hydrogen-bond donors (Lipinski definition) is 0. The Labute approximate surface area is 264 Å². The van der Waals surface area contributed by atoms with Crippen LogP contribution in [-0.2, 0) is 0 Å². The SMILES string of the molecule is c1ccc(-c2cccc(-n3c4ccc(-c5ccncc5)cc4c4cc(-c5ccncc5)c(-c5nc6ccccc6o5)cc43)c2)nc1. The molecule has 216 valence electrons. The van der Waals surface area contributed by atoms with Crippen LogP contribution in [0.1, 0.15) is 0 Å². The van der Waals surface area contributed by atoms with E-state index in [1.54, 1.807) is 0 Å². The average molecular weight is 592 g/mol. The van der Waals surface area contributed by atoms with Crippen LogP contribution < -0.4 is 0 Å². The predicted molar refractivity (Wildman–Crippen MR) is 183 cm³/mol. The molecule has 0 aliphatic rings. The molecule has 0 aliphatic carbocycles. The third kappa shape index (κ3) is 4.35. The zero-order chi connectivity index (χ0) is 30.5. The van der Waals surface area contributed by atoms with E-state index in [2.05, 4.69) is 74.1 Å². The molecular formula is C40H25N5O. The van der Waals surface area contributed by atoms with E-state index in [0.717, 1.165) is 77.7 Å². The normalized spacial score (nSPS) is 11.5. The van der Waals surface area contributed by atoms with Crippen LogP contribution in [0.3, 0.4) is 0 Å². The van der Waals surface area contributed by atoms with Gasteiger partial charge in [0, 0.05) is 58.6 Å². The van der Waals surface area contributed by atoms with Gasteiger partial charge in [0.05, 0.1) is 16.7 Å². The van der Waals surface area contributed by atoms with Gasteiger partial charge in [-0.3, -0.25) is 15.0 Å². The summed E-state index contributed by atoms with van der Waals surface area (Å²) >= 11 is 0. The van der Waals surface area contributed by atoms with E-state index in [4.69, 9.17) is 9.40 Å². The molecule has 9 aromatic rings. The number of rotatable bonds is 5. The van der Waals surface area contributed by atoms with Crippen LogP contribution in [0.5, 0.6) is 0 Å². The molecule has 6 heteroatoms. The second-order valence-corrected chi connectivity index (χ2v) is 11.2. The smallest absolute Gasteiger partial charge is 0.228 e. The van der Waals surface area contributed by atoms with Crippen molar-refractivity contribution in [2.45, 2.75) is 0 Å². The van der Waals surface area contributed by atoms with Crippen molar-refractivity contribution in [3.63, 3.8) is 0 Å². The number of oxazole rings is 1. The summed E-state index contributed by atoms with van der Waals surface area (Å²) in [6, 6.07) is 41.8. The van der Waals surface area contributed by atoms with Crippen LogP contribution in [0, 0.1) is 0 Å². The van der Waals surface area contributed by atoms with Gasteiger partial charge in [-0.15, -0.1) is 0 Å². The van der Waals surface area contributed by atoms with Crippen molar-refractivity contribution in [1.82, 2.24) is 24.5 Å². The van der Waals surface area contributed by atoms with Gasteiger partial charge < -0.3 is 8.98 Å². The monoisotopic (exact) mass is 591 g/mol. The molecule has 9 rings (SSSR count). The van der Waals surface area contributed by atoms with Gasteiger partial charge in [0.2, 0.25) is 5.89 Å². The van der Waals surface area contributed by atoms with Crippen molar-refractivity contribution in [1.29, 1.82) is 0 Å². The average Bonchev–Trinajstić information content (AvgIpc) is 3.71. The summed E-state index contributed by atoms with van der Waals surface area (Å²) in [7, 11) is 0. The summed E-state index contributed by atoms with van der Waals surface area (Å²) < 4.78 is 8.72. The van der Waals surface area contributed by atoms with Crippen molar-refractivity contribution in [2.75, 3.05) is 0 Å². The minimum Gasteiger partial charge on any atom is -0.436 e. The number of hydrogen-bond acceptors (Lipinski definition) is 5. The summed E-state index contributed by atoms with van der Waals surface area (Å²) in [5, 5.41) is 2.27. The van der Waals surface area contributed by atoms with E-state index < -0.39 is 0 Å². The summed E-state index contributed by atoms with van der Waals surface area (Å²) in [4.78, 5) is 18.1. The summed E-state index contributed by atoms with van der Waals surface area (Å²) in [6.45, 7) is 0. The quantitative estimate of drug-likeness (QED) is 0.199. The molecule has 5 aromatic heterocycles. The van der Waals surface area contributed by atoms with Gasteiger partial charge in [0.25, 0.3) is 0 Å². The number of nitrogens with zero attached hydrogens (tertiary/aromatic N) is 5. The van der Waals surface area contributed by atoms with Crippen LogP contribution >= 0.6 is 0 Å². The summed E-state index contributed by atoms with van der Waals surface area (Å²) in [6.07, 6.45) is 9.14. The Morgan fingerprint density at radius 2 is 1.28 bits per heavy atom. The first kappa shape index (κ1) is 26.0. The molecule has 0 radical (unpaired) electrons. The molecule has 0 amide bonds. The molecule has 0 unspecified atom stereocenters. The second kappa shape index (κ2) is 10.6. The van der Waals surface area contributed by atoms with E-state index in [1.807, 2.05) is 97.7 Å². The van der Waals surface area contributed by atoms with Crippen LogP contribution in [0.15, 0.2) is 157 Å². The van der Waals surface area contributed by atoms with Crippen molar-refractivity contribution < 1.29 is 4.42 Å². The van der Waals surface area contributed by atoms with Gasteiger partial charge in [-0.05, 0) is 107 Å². The second-order valence-electron chi connectivity index (χ2n) is 11.2. The Morgan fingerprint density at radius 3 is 2.09 bits per heavy atom. The van der Waals surface area contributed by atoms with Crippen LogP contribution in [0.4, 0.5) is 0 Å². The first-order chi connectivity index (χ1) is 22.8. The minimum atomic E-state index is 0.575. The molecule has 0 bridgehead atoms. The summed E-state index contributed by atoms with van der Waals surface area (Å²) in [5.74, 6) is 0.575. The van der Waals surface area contributed by atoms with Gasteiger partial charge in [-0.1, -0.05) is 36.4 Å². The Balaban J connectivity index is 1.38. The molecule has 0 spiro atoms. The first-order valence-corrected chi connectivity index (χ1v) is 15.1. The van der Waals surface area contributed by atoms with Crippen LogP contribution in [0.25, 0.3) is 83.6 Å². The lowest BCUT2D eigenvalue weighted by atomic mass is 9.96. The van der Waals surface area contributed by atoms with Crippen LogP contribution in [0.2, 0.25) is 0 Å². The highest BCUT2D eigenvalue weighted by Gasteiger charge is 2.21. The zero-order valence-corrected chi connectivity index (χ0v) is 24.6. The van der Waals surface area contributed by atoms with Crippen molar-refractivity contribution in [3.8, 4) is 50.7 Å². The standard InChI is InChI=1S/C40H25N5O/c1-2-10-39-36(9-1)44-40(46-39)34-25-38-33(24-31(34)27-15-20-42-21-16-27)32-23-28(26-13-18-41-19-14-26)11-12-37(32)45(38)30-7-5-6-29(22-30)35-8-3-4-17-43-35/h1-25H. The molecule has 0 atom stereocenters. The van der Waals surface area contributed by atoms with Crippen LogP contribution in [-0.4, -0.2) is 24.5 Å². The number of benzene rings is 4. The van der Waals surface area contributed by atoms with Gasteiger partial charge in [-0.2, -0.15) is 0 Å². The highest BCUT2D eigenvalue weighted by atomic mass is 16.3. The molecule has 5 heterocycles. The van der Waals surface area contributed by atoms with Gasteiger partial charge >= 0.3 is 0 Å².